The zero-order chi connectivity index (χ0) is 13.9. The molecule has 0 amide bonds. The molecule has 1 N–H and O–H groups in total. The Hall–Kier alpha value is -0.610. The van der Waals surface area contributed by atoms with Gasteiger partial charge in [0, 0.05) is 24.5 Å². The number of rotatable bonds is 5. The average Bonchev–Trinajstić information content (AvgIpc) is 2.83. The quantitative estimate of drug-likeness (QED) is 0.896. The van der Waals surface area contributed by atoms with Gasteiger partial charge in [-0.2, -0.15) is 0 Å². The topological polar surface area (TPSA) is 28.2 Å². The van der Waals surface area contributed by atoms with Gasteiger partial charge in [0.1, 0.15) is 0 Å². The smallest absolute Gasteiger partial charge is 0.185 e. The number of hydrogen-bond acceptors (Lipinski definition) is 4. The molecule has 0 unspecified atom stereocenters. The first kappa shape index (κ1) is 14.8. The fraction of sp³-hybridized carbons (Fsp3) is 0.800. The molecule has 0 aliphatic carbocycles. The van der Waals surface area contributed by atoms with Gasteiger partial charge < -0.3 is 10.2 Å². The standard InChI is InChI=1S/C15H27N3S/c1-5-12-13(11-16-4)19-14(17-12)18-9-7-15(3,6-2)8-10-18/h16H,5-11H2,1-4H3. The monoisotopic (exact) mass is 281 g/mol. The first-order valence-electron chi connectivity index (χ1n) is 7.50. The Kier molecular flexibility index (Phi) is 4.85. The molecule has 0 bridgehead atoms. The van der Waals surface area contributed by atoms with Crippen LogP contribution in [0.5, 0.6) is 0 Å². The van der Waals surface area contributed by atoms with E-state index in [4.69, 9.17) is 4.98 Å². The van der Waals surface area contributed by atoms with Gasteiger partial charge in [-0.05, 0) is 31.7 Å². The summed E-state index contributed by atoms with van der Waals surface area (Å²) in [6.07, 6.45) is 4.93. The molecule has 1 saturated heterocycles. The highest BCUT2D eigenvalue weighted by Gasteiger charge is 2.29. The molecule has 1 aliphatic heterocycles. The molecule has 0 atom stereocenters. The number of nitrogens with one attached hydrogen (secondary N) is 1. The summed E-state index contributed by atoms with van der Waals surface area (Å²) in [6.45, 7) is 10.2. The third-order valence-corrected chi connectivity index (χ3v) is 5.69. The van der Waals surface area contributed by atoms with E-state index in [9.17, 15) is 0 Å². The van der Waals surface area contributed by atoms with Gasteiger partial charge in [-0.25, -0.2) is 4.98 Å². The largest absolute Gasteiger partial charge is 0.348 e. The summed E-state index contributed by atoms with van der Waals surface area (Å²) < 4.78 is 0. The fourth-order valence-corrected chi connectivity index (χ4v) is 3.88. The zero-order valence-electron chi connectivity index (χ0n) is 12.8. The summed E-state index contributed by atoms with van der Waals surface area (Å²) in [7, 11) is 2.01. The molecule has 1 aromatic heterocycles. The van der Waals surface area contributed by atoms with Gasteiger partial charge in [-0.15, -0.1) is 11.3 Å². The van der Waals surface area contributed by atoms with Gasteiger partial charge >= 0.3 is 0 Å². The van der Waals surface area contributed by atoms with Gasteiger partial charge in [0.25, 0.3) is 0 Å². The van der Waals surface area contributed by atoms with Crippen molar-refractivity contribution in [1.82, 2.24) is 10.3 Å². The maximum absolute atomic E-state index is 4.85. The molecule has 19 heavy (non-hydrogen) atoms. The number of piperidine rings is 1. The Morgan fingerprint density at radius 2 is 2.00 bits per heavy atom. The van der Waals surface area contributed by atoms with Crippen LogP contribution < -0.4 is 10.2 Å². The average molecular weight is 281 g/mol. The van der Waals surface area contributed by atoms with Crippen molar-refractivity contribution in [2.45, 2.75) is 53.0 Å². The lowest BCUT2D eigenvalue weighted by atomic mass is 9.78. The molecule has 1 aromatic rings. The van der Waals surface area contributed by atoms with Crippen LogP contribution in [0.1, 0.15) is 50.6 Å². The summed E-state index contributed by atoms with van der Waals surface area (Å²) in [5, 5.41) is 4.49. The summed E-state index contributed by atoms with van der Waals surface area (Å²) in [5.41, 5.74) is 1.83. The summed E-state index contributed by atoms with van der Waals surface area (Å²) in [5.74, 6) is 0. The van der Waals surface area contributed by atoms with E-state index in [-0.39, 0.29) is 0 Å². The lowest BCUT2D eigenvalue weighted by Gasteiger charge is -2.38. The number of aromatic nitrogens is 1. The number of anilines is 1. The lowest BCUT2D eigenvalue weighted by Crippen LogP contribution is -2.38. The second kappa shape index (κ2) is 6.23. The van der Waals surface area contributed by atoms with E-state index in [1.54, 1.807) is 0 Å². The SMILES string of the molecule is CCc1nc(N2CCC(C)(CC)CC2)sc1CNC. The highest BCUT2D eigenvalue weighted by Crippen LogP contribution is 2.37. The van der Waals surface area contributed by atoms with E-state index in [0.29, 0.717) is 5.41 Å². The van der Waals surface area contributed by atoms with Crippen LogP contribution in [-0.4, -0.2) is 25.1 Å². The van der Waals surface area contributed by atoms with E-state index < -0.39 is 0 Å². The molecular formula is C15H27N3S. The normalized spacial score (nSPS) is 18.8. The minimum atomic E-state index is 0.551. The molecule has 0 radical (unpaired) electrons. The highest BCUT2D eigenvalue weighted by molar-refractivity contribution is 7.15. The van der Waals surface area contributed by atoms with Crippen molar-refractivity contribution < 1.29 is 0 Å². The van der Waals surface area contributed by atoms with Crippen molar-refractivity contribution in [1.29, 1.82) is 0 Å². The summed E-state index contributed by atoms with van der Waals surface area (Å²) >= 11 is 1.88. The Balaban J connectivity index is 2.07. The van der Waals surface area contributed by atoms with Gasteiger partial charge in [0.05, 0.1) is 5.69 Å². The van der Waals surface area contributed by atoms with Gasteiger partial charge in [-0.3, -0.25) is 0 Å². The van der Waals surface area contributed by atoms with Crippen LogP contribution in [0.3, 0.4) is 0 Å². The van der Waals surface area contributed by atoms with Crippen molar-refractivity contribution in [2.75, 3.05) is 25.0 Å². The lowest BCUT2D eigenvalue weighted by molar-refractivity contribution is 0.238. The van der Waals surface area contributed by atoms with Crippen LogP contribution in [0.25, 0.3) is 0 Å². The molecule has 3 nitrogen and oxygen atoms in total. The highest BCUT2D eigenvalue weighted by atomic mass is 32.1. The van der Waals surface area contributed by atoms with Crippen molar-refractivity contribution in [3.8, 4) is 0 Å². The molecule has 108 valence electrons. The Morgan fingerprint density at radius 1 is 1.32 bits per heavy atom. The van der Waals surface area contributed by atoms with E-state index in [1.165, 1.54) is 48.1 Å². The maximum atomic E-state index is 4.85. The van der Waals surface area contributed by atoms with Gasteiger partial charge in [0.15, 0.2) is 5.13 Å². The predicted molar refractivity (Wildman–Crippen MR) is 84.1 cm³/mol. The molecule has 2 heterocycles. The Labute approximate surface area is 121 Å². The van der Waals surface area contributed by atoms with Gasteiger partial charge in [-0.1, -0.05) is 27.2 Å². The summed E-state index contributed by atoms with van der Waals surface area (Å²) in [6, 6.07) is 0. The van der Waals surface area contributed by atoms with Crippen molar-refractivity contribution in [3.63, 3.8) is 0 Å². The minimum absolute atomic E-state index is 0.551. The van der Waals surface area contributed by atoms with Crippen LogP contribution in [0.2, 0.25) is 0 Å². The van der Waals surface area contributed by atoms with Crippen molar-refractivity contribution >= 4 is 16.5 Å². The van der Waals surface area contributed by atoms with E-state index in [0.717, 1.165) is 13.0 Å². The number of hydrogen-bond donors (Lipinski definition) is 1. The van der Waals surface area contributed by atoms with E-state index in [1.807, 2.05) is 18.4 Å². The molecule has 0 saturated carbocycles. The molecule has 4 heteroatoms. The molecule has 2 rings (SSSR count). The first-order valence-corrected chi connectivity index (χ1v) is 8.31. The maximum Gasteiger partial charge on any atom is 0.185 e. The number of nitrogens with zero attached hydrogens (tertiary/aromatic N) is 2. The number of aryl methyl sites for hydroxylation is 1. The molecule has 0 spiro atoms. The van der Waals surface area contributed by atoms with Crippen LogP contribution in [0.4, 0.5) is 5.13 Å². The summed E-state index contributed by atoms with van der Waals surface area (Å²) in [4.78, 5) is 8.74. The molecule has 1 fully saturated rings. The molecule has 0 aromatic carbocycles. The second-order valence-electron chi connectivity index (χ2n) is 5.90. The Bertz CT molecular complexity index is 406. The second-order valence-corrected chi connectivity index (χ2v) is 6.96. The minimum Gasteiger partial charge on any atom is -0.348 e. The zero-order valence-corrected chi connectivity index (χ0v) is 13.6. The number of thiazole rings is 1. The van der Waals surface area contributed by atoms with Gasteiger partial charge in [0.2, 0.25) is 0 Å². The van der Waals surface area contributed by atoms with Crippen LogP contribution in [0, 0.1) is 5.41 Å². The van der Waals surface area contributed by atoms with Crippen molar-refractivity contribution in [2.24, 2.45) is 5.41 Å². The van der Waals surface area contributed by atoms with Crippen LogP contribution >= 0.6 is 11.3 Å². The first-order chi connectivity index (χ1) is 9.11. The molecule has 1 aliphatic rings. The van der Waals surface area contributed by atoms with E-state index >= 15 is 0 Å². The van der Waals surface area contributed by atoms with Crippen LogP contribution in [0.15, 0.2) is 0 Å². The third kappa shape index (κ3) is 3.29. The molecular weight excluding hydrogens is 254 g/mol. The Morgan fingerprint density at radius 3 is 2.53 bits per heavy atom. The van der Waals surface area contributed by atoms with E-state index in [2.05, 4.69) is 31.0 Å². The van der Waals surface area contributed by atoms with Crippen LogP contribution in [-0.2, 0) is 13.0 Å². The fourth-order valence-electron chi connectivity index (χ4n) is 2.67. The predicted octanol–water partition coefficient (Wildman–Crippen LogP) is 3.44. The van der Waals surface area contributed by atoms with Crippen molar-refractivity contribution in [3.05, 3.63) is 10.6 Å². The third-order valence-electron chi connectivity index (χ3n) is 4.53.